The van der Waals surface area contributed by atoms with Crippen molar-refractivity contribution in [3.8, 4) is 0 Å². The van der Waals surface area contributed by atoms with Crippen molar-refractivity contribution >= 4 is 11.8 Å². The van der Waals surface area contributed by atoms with Gasteiger partial charge in [0.05, 0.1) is 6.54 Å². The fourth-order valence-corrected chi connectivity index (χ4v) is 7.56. The normalized spacial score (nSPS) is 31.7. The topological polar surface area (TPSA) is 52.6 Å². The maximum absolute atomic E-state index is 12.7. The van der Waals surface area contributed by atoms with E-state index in [2.05, 4.69) is 41.4 Å². The van der Waals surface area contributed by atoms with Crippen LogP contribution in [0.3, 0.4) is 0 Å². The molecule has 0 radical (unpaired) electrons. The zero-order valence-corrected chi connectivity index (χ0v) is 19.7. The summed E-state index contributed by atoms with van der Waals surface area (Å²) in [7, 11) is 0. The van der Waals surface area contributed by atoms with Gasteiger partial charge in [0.1, 0.15) is 0 Å². The van der Waals surface area contributed by atoms with E-state index in [1.54, 1.807) is 0 Å². The van der Waals surface area contributed by atoms with Crippen molar-refractivity contribution in [3.63, 3.8) is 0 Å². The summed E-state index contributed by atoms with van der Waals surface area (Å²) in [5, 5.41) is 2.97. The van der Waals surface area contributed by atoms with E-state index in [0.717, 1.165) is 56.9 Å². The summed E-state index contributed by atoms with van der Waals surface area (Å²) >= 11 is 0. The quantitative estimate of drug-likeness (QED) is 0.709. The van der Waals surface area contributed by atoms with Crippen LogP contribution < -0.4 is 5.32 Å². The summed E-state index contributed by atoms with van der Waals surface area (Å²) in [6.07, 6.45) is 9.61. The Kier molecular flexibility index (Phi) is 6.28. The molecule has 4 bridgehead atoms. The number of nitrogens with zero attached hydrogens (tertiary/aromatic N) is 2. The summed E-state index contributed by atoms with van der Waals surface area (Å²) in [5.74, 6) is 2.73. The third-order valence-electron chi connectivity index (χ3n) is 8.67. The van der Waals surface area contributed by atoms with Crippen LogP contribution in [0.2, 0.25) is 0 Å². The molecule has 0 unspecified atom stereocenters. The monoisotopic (exact) mass is 437 g/mol. The Hall–Kier alpha value is -1.88. The molecule has 5 heteroatoms. The van der Waals surface area contributed by atoms with Crippen molar-refractivity contribution < 1.29 is 9.59 Å². The van der Waals surface area contributed by atoms with E-state index in [9.17, 15) is 9.59 Å². The first-order valence-corrected chi connectivity index (χ1v) is 12.8. The standard InChI is InChI=1S/C27H39N3O2/c1-2-20-4-3-5-21(10-20)19-29-6-8-30(9-7-29)26(32)18-28-25(31)17-27-14-22-11-23(15-27)13-24(12-22)16-27/h3-5,10,22-24H,2,6-9,11-19H2,1H3,(H,28,31). The molecule has 5 fully saturated rings. The van der Waals surface area contributed by atoms with Crippen LogP contribution in [0.25, 0.3) is 0 Å². The van der Waals surface area contributed by atoms with Gasteiger partial charge in [-0.25, -0.2) is 0 Å². The summed E-state index contributed by atoms with van der Waals surface area (Å²) in [6, 6.07) is 8.80. The van der Waals surface area contributed by atoms with E-state index in [4.69, 9.17) is 0 Å². The smallest absolute Gasteiger partial charge is 0.242 e. The molecule has 1 N–H and O–H groups in total. The van der Waals surface area contributed by atoms with E-state index in [0.29, 0.717) is 6.42 Å². The van der Waals surface area contributed by atoms with Gasteiger partial charge in [0, 0.05) is 39.1 Å². The first kappa shape index (κ1) is 21.9. The van der Waals surface area contributed by atoms with Crippen LogP contribution in [-0.2, 0) is 22.6 Å². The van der Waals surface area contributed by atoms with Gasteiger partial charge in [0.25, 0.3) is 0 Å². The first-order chi connectivity index (χ1) is 15.5. The molecule has 4 saturated carbocycles. The van der Waals surface area contributed by atoms with Crippen molar-refractivity contribution in [3.05, 3.63) is 35.4 Å². The lowest BCUT2D eigenvalue weighted by molar-refractivity contribution is -0.136. The van der Waals surface area contributed by atoms with E-state index >= 15 is 0 Å². The van der Waals surface area contributed by atoms with Gasteiger partial charge in [-0.2, -0.15) is 0 Å². The predicted molar refractivity (Wildman–Crippen MR) is 126 cm³/mol. The van der Waals surface area contributed by atoms with Crippen molar-refractivity contribution in [2.75, 3.05) is 32.7 Å². The van der Waals surface area contributed by atoms with Crippen LogP contribution in [-0.4, -0.2) is 54.3 Å². The van der Waals surface area contributed by atoms with Crippen LogP contribution in [0.5, 0.6) is 0 Å². The highest BCUT2D eigenvalue weighted by Crippen LogP contribution is 2.61. The zero-order valence-electron chi connectivity index (χ0n) is 19.7. The molecule has 1 saturated heterocycles. The molecule has 0 atom stereocenters. The Morgan fingerprint density at radius 3 is 2.22 bits per heavy atom. The minimum absolute atomic E-state index is 0.0662. The highest BCUT2D eigenvalue weighted by Gasteiger charge is 2.51. The number of rotatable bonds is 7. The van der Waals surface area contributed by atoms with Crippen molar-refractivity contribution in [2.24, 2.45) is 23.2 Å². The Balaban J connectivity index is 1.05. The van der Waals surface area contributed by atoms with E-state index in [1.165, 1.54) is 49.7 Å². The molecule has 2 amide bonds. The number of nitrogens with one attached hydrogen (secondary N) is 1. The van der Waals surface area contributed by atoms with Gasteiger partial charge in [-0.15, -0.1) is 0 Å². The number of hydrogen-bond donors (Lipinski definition) is 1. The molecule has 5 nitrogen and oxygen atoms in total. The Labute approximate surface area is 192 Å². The molecule has 1 aromatic rings. The van der Waals surface area contributed by atoms with Gasteiger partial charge >= 0.3 is 0 Å². The lowest BCUT2D eigenvalue weighted by atomic mass is 9.49. The number of aryl methyl sites for hydroxylation is 1. The number of carbonyl (C=O) groups excluding carboxylic acids is 2. The summed E-state index contributed by atoms with van der Waals surface area (Å²) < 4.78 is 0. The molecule has 1 heterocycles. The van der Waals surface area contributed by atoms with Crippen LogP contribution in [0, 0.1) is 23.2 Å². The maximum atomic E-state index is 12.7. The van der Waals surface area contributed by atoms with Crippen molar-refractivity contribution in [1.82, 2.24) is 15.1 Å². The van der Waals surface area contributed by atoms with E-state index < -0.39 is 0 Å². The van der Waals surface area contributed by atoms with E-state index in [1.807, 2.05) is 4.90 Å². The second-order valence-corrected chi connectivity index (χ2v) is 11.2. The van der Waals surface area contributed by atoms with Gasteiger partial charge < -0.3 is 10.2 Å². The van der Waals surface area contributed by atoms with E-state index in [-0.39, 0.29) is 23.8 Å². The van der Waals surface area contributed by atoms with Gasteiger partial charge in [-0.3, -0.25) is 14.5 Å². The average Bonchev–Trinajstić information content (AvgIpc) is 2.77. The predicted octanol–water partition coefficient (Wildman–Crippen LogP) is 3.62. The molecule has 5 aliphatic rings. The molecule has 4 aliphatic carbocycles. The van der Waals surface area contributed by atoms with Gasteiger partial charge in [0.15, 0.2) is 0 Å². The van der Waals surface area contributed by atoms with Gasteiger partial charge in [0.2, 0.25) is 11.8 Å². The Morgan fingerprint density at radius 2 is 1.59 bits per heavy atom. The Bertz CT molecular complexity index is 808. The van der Waals surface area contributed by atoms with Crippen molar-refractivity contribution in [2.45, 2.75) is 64.8 Å². The van der Waals surface area contributed by atoms with Crippen molar-refractivity contribution in [1.29, 1.82) is 0 Å². The third kappa shape index (κ3) is 4.88. The second kappa shape index (κ2) is 9.17. The summed E-state index contributed by atoms with van der Waals surface area (Å²) in [5.41, 5.74) is 2.96. The van der Waals surface area contributed by atoms with Crippen LogP contribution >= 0.6 is 0 Å². The summed E-state index contributed by atoms with van der Waals surface area (Å²) in [4.78, 5) is 29.8. The summed E-state index contributed by atoms with van der Waals surface area (Å²) in [6.45, 7) is 6.56. The molecule has 174 valence electrons. The SMILES string of the molecule is CCc1cccc(CN2CCN(C(=O)CNC(=O)CC34CC5CC(CC(C5)C3)C4)CC2)c1. The molecular weight excluding hydrogens is 398 g/mol. The number of benzene rings is 1. The van der Waals surface area contributed by atoms with Gasteiger partial charge in [-0.05, 0) is 79.2 Å². The molecule has 6 rings (SSSR count). The van der Waals surface area contributed by atoms with Gasteiger partial charge in [-0.1, -0.05) is 31.2 Å². The fraction of sp³-hybridized carbons (Fsp3) is 0.704. The number of carbonyl (C=O) groups is 2. The molecule has 0 aromatic heterocycles. The second-order valence-electron chi connectivity index (χ2n) is 11.2. The molecule has 1 aliphatic heterocycles. The fourth-order valence-electron chi connectivity index (χ4n) is 7.56. The maximum Gasteiger partial charge on any atom is 0.242 e. The minimum Gasteiger partial charge on any atom is -0.347 e. The average molecular weight is 438 g/mol. The third-order valence-corrected chi connectivity index (χ3v) is 8.67. The first-order valence-electron chi connectivity index (χ1n) is 12.8. The Morgan fingerprint density at radius 1 is 0.969 bits per heavy atom. The highest BCUT2D eigenvalue weighted by atomic mass is 16.2. The van der Waals surface area contributed by atoms with Crippen LogP contribution in [0.15, 0.2) is 24.3 Å². The largest absolute Gasteiger partial charge is 0.347 e. The zero-order chi connectivity index (χ0) is 22.1. The highest BCUT2D eigenvalue weighted by molar-refractivity contribution is 5.85. The number of piperazine rings is 1. The van der Waals surface area contributed by atoms with Crippen LogP contribution in [0.4, 0.5) is 0 Å². The van der Waals surface area contributed by atoms with Crippen LogP contribution in [0.1, 0.15) is 63.0 Å². The number of hydrogen-bond acceptors (Lipinski definition) is 3. The lowest BCUT2D eigenvalue weighted by Gasteiger charge is -2.56. The minimum atomic E-state index is 0.0662. The lowest BCUT2D eigenvalue weighted by Crippen LogP contribution is -2.51. The molecule has 1 aromatic carbocycles. The molecule has 32 heavy (non-hydrogen) atoms. The molecule has 0 spiro atoms. The number of amides is 2. The molecular formula is C27H39N3O2.